The Morgan fingerprint density at radius 1 is 1.21 bits per heavy atom. The van der Waals surface area contributed by atoms with E-state index >= 15 is 0 Å². The average Bonchev–Trinajstić information content (AvgIpc) is 2.98. The lowest BCUT2D eigenvalue weighted by Gasteiger charge is -2.36. The molecule has 0 radical (unpaired) electrons. The molecule has 2 N–H and O–H groups in total. The predicted molar refractivity (Wildman–Crippen MR) is 78.2 cm³/mol. The summed E-state index contributed by atoms with van der Waals surface area (Å²) in [5.74, 6) is 0.686. The summed E-state index contributed by atoms with van der Waals surface area (Å²) in [6, 6.07) is 1.49. The predicted octanol–water partition coefficient (Wildman–Crippen LogP) is 2.14. The molecule has 1 saturated heterocycles. The van der Waals surface area contributed by atoms with Gasteiger partial charge in [0.05, 0.1) is 6.61 Å². The van der Waals surface area contributed by atoms with Crippen molar-refractivity contribution in [2.45, 2.75) is 75.9 Å². The Bertz CT molecular complexity index is 305. The van der Waals surface area contributed by atoms with Crippen molar-refractivity contribution in [1.29, 1.82) is 0 Å². The van der Waals surface area contributed by atoms with Gasteiger partial charge in [-0.2, -0.15) is 0 Å². The second kappa shape index (κ2) is 5.71. The Morgan fingerprint density at radius 2 is 2.05 bits per heavy atom. The zero-order valence-electron chi connectivity index (χ0n) is 12.4. The number of aliphatic hydroxyl groups excluding tert-OH is 1. The lowest BCUT2D eigenvalue weighted by atomic mass is 9.85. The Hall–Kier alpha value is -0.120. The monoisotopic (exact) mass is 266 g/mol. The summed E-state index contributed by atoms with van der Waals surface area (Å²) in [5.41, 5.74) is 0.0597. The van der Waals surface area contributed by atoms with Crippen LogP contribution < -0.4 is 5.32 Å². The first-order valence-corrected chi connectivity index (χ1v) is 8.36. The van der Waals surface area contributed by atoms with Crippen LogP contribution in [0.15, 0.2) is 0 Å². The molecule has 3 nitrogen and oxygen atoms in total. The largest absolute Gasteiger partial charge is 0.394 e. The van der Waals surface area contributed by atoms with Gasteiger partial charge in [-0.25, -0.2) is 0 Å². The smallest absolute Gasteiger partial charge is 0.0616 e. The molecule has 2 saturated carbocycles. The fourth-order valence-electron chi connectivity index (χ4n) is 4.29. The summed E-state index contributed by atoms with van der Waals surface area (Å²) in [4.78, 5) is 2.65. The third-order valence-electron chi connectivity index (χ3n) is 5.76. The van der Waals surface area contributed by atoms with E-state index in [-0.39, 0.29) is 5.54 Å². The van der Waals surface area contributed by atoms with E-state index in [0.29, 0.717) is 18.6 Å². The summed E-state index contributed by atoms with van der Waals surface area (Å²) in [7, 11) is 0. The van der Waals surface area contributed by atoms with Crippen LogP contribution in [0.25, 0.3) is 0 Å². The van der Waals surface area contributed by atoms with Crippen molar-refractivity contribution in [3.63, 3.8) is 0 Å². The highest BCUT2D eigenvalue weighted by Gasteiger charge is 2.45. The average molecular weight is 266 g/mol. The first kappa shape index (κ1) is 13.8. The fourth-order valence-corrected chi connectivity index (χ4v) is 4.29. The second-order valence-corrected chi connectivity index (χ2v) is 7.14. The molecule has 3 fully saturated rings. The van der Waals surface area contributed by atoms with Crippen molar-refractivity contribution < 1.29 is 5.11 Å². The number of aliphatic hydroxyl groups is 1. The summed E-state index contributed by atoms with van der Waals surface area (Å²) >= 11 is 0. The zero-order valence-corrected chi connectivity index (χ0v) is 12.4. The molecule has 0 aromatic carbocycles. The van der Waals surface area contributed by atoms with Crippen molar-refractivity contribution in [2.75, 3.05) is 19.7 Å². The Labute approximate surface area is 117 Å². The topological polar surface area (TPSA) is 35.5 Å². The molecule has 0 aromatic heterocycles. The molecule has 3 atom stereocenters. The Balaban J connectivity index is 1.55. The number of nitrogens with one attached hydrogen (secondary N) is 1. The summed E-state index contributed by atoms with van der Waals surface area (Å²) in [5, 5.41) is 13.7. The van der Waals surface area contributed by atoms with Crippen molar-refractivity contribution in [3.05, 3.63) is 0 Å². The lowest BCUT2D eigenvalue weighted by Crippen LogP contribution is -2.53. The molecule has 1 aliphatic heterocycles. The molecule has 0 amide bonds. The van der Waals surface area contributed by atoms with Gasteiger partial charge in [-0.3, -0.25) is 0 Å². The fraction of sp³-hybridized carbons (Fsp3) is 1.00. The van der Waals surface area contributed by atoms with E-state index in [1.54, 1.807) is 0 Å². The van der Waals surface area contributed by atoms with Gasteiger partial charge in [0.15, 0.2) is 0 Å². The molecule has 2 aliphatic carbocycles. The molecule has 0 aromatic rings. The molecule has 3 aliphatic rings. The molecule has 0 spiro atoms. The van der Waals surface area contributed by atoms with Gasteiger partial charge in [0.1, 0.15) is 0 Å². The third-order valence-corrected chi connectivity index (χ3v) is 5.76. The highest BCUT2D eigenvalue weighted by molar-refractivity contribution is 5.03. The van der Waals surface area contributed by atoms with E-state index in [2.05, 4.69) is 17.1 Å². The van der Waals surface area contributed by atoms with Gasteiger partial charge in [-0.1, -0.05) is 6.42 Å². The Morgan fingerprint density at radius 3 is 2.68 bits per heavy atom. The van der Waals surface area contributed by atoms with Gasteiger partial charge in [-0.15, -0.1) is 0 Å². The first-order chi connectivity index (χ1) is 9.23. The number of nitrogens with zero attached hydrogens (tertiary/aromatic N) is 1. The number of hydrogen-bond acceptors (Lipinski definition) is 3. The van der Waals surface area contributed by atoms with E-state index in [4.69, 9.17) is 0 Å². The maximum Gasteiger partial charge on any atom is 0.0616 e. The number of hydrogen-bond donors (Lipinski definition) is 2. The van der Waals surface area contributed by atoms with Crippen LogP contribution >= 0.6 is 0 Å². The van der Waals surface area contributed by atoms with E-state index < -0.39 is 0 Å². The maximum atomic E-state index is 9.93. The van der Waals surface area contributed by atoms with Crippen LogP contribution in [-0.4, -0.2) is 47.3 Å². The second-order valence-electron chi connectivity index (χ2n) is 7.14. The van der Waals surface area contributed by atoms with Crippen LogP contribution in [0, 0.1) is 5.92 Å². The third kappa shape index (κ3) is 2.98. The van der Waals surface area contributed by atoms with Gasteiger partial charge in [-0.05, 0) is 70.9 Å². The van der Waals surface area contributed by atoms with E-state index in [0.717, 1.165) is 6.04 Å². The van der Waals surface area contributed by atoms with Gasteiger partial charge in [0.2, 0.25) is 0 Å². The number of likely N-dealkylation sites (tertiary alicyclic amines) is 1. The van der Waals surface area contributed by atoms with Crippen molar-refractivity contribution in [3.8, 4) is 0 Å². The van der Waals surface area contributed by atoms with Gasteiger partial charge in [0.25, 0.3) is 0 Å². The zero-order chi connectivity index (χ0) is 13.3. The van der Waals surface area contributed by atoms with Crippen molar-refractivity contribution >= 4 is 0 Å². The highest BCUT2D eigenvalue weighted by Crippen LogP contribution is 2.40. The quantitative estimate of drug-likeness (QED) is 0.773. The maximum absolute atomic E-state index is 9.93. The lowest BCUT2D eigenvalue weighted by molar-refractivity contribution is 0.108. The summed E-state index contributed by atoms with van der Waals surface area (Å²) < 4.78 is 0. The van der Waals surface area contributed by atoms with Crippen LogP contribution in [0.1, 0.15) is 58.3 Å². The summed E-state index contributed by atoms with van der Waals surface area (Å²) in [6.45, 7) is 5.23. The van der Waals surface area contributed by atoms with E-state index in [9.17, 15) is 5.11 Å². The molecule has 0 bridgehead atoms. The molecule has 19 heavy (non-hydrogen) atoms. The molecular weight excluding hydrogens is 236 g/mol. The van der Waals surface area contributed by atoms with Crippen LogP contribution in [0.4, 0.5) is 0 Å². The standard InChI is InChI=1S/C16H30N2O/c1-13-4-3-10-18(13)11-8-14-5-2-9-16(14,12-19)17-15-6-7-15/h13-15,17,19H,2-12H2,1H3. The normalized spacial score (nSPS) is 40.1. The molecular formula is C16H30N2O. The minimum Gasteiger partial charge on any atom is -0.394 e. The van der Waals surface area contributed by atoms with Crippen LogP contribution in [0.5, 0.6) is 0 Å². The molecule has 3 unspecified atom stereocenters. The van der Waals surface area contributed by atoms with Crippen molar-refractivity contribution in [1.82, 2.24) is 10.2 Å². The Kier molecular flexibility index (Phi) is 4.16. The van der Waals surface area contributed by atoms with Gasteiger partial charge >= 0.3 is 0 Å². The van der Waals surface area contributed by atoms with Crippen LogP contribution in [-0.2, 0) is 0 Å². The first-order valence-electron chi connectivity index (χ1n) is 8.36. The highest BCUT2D eigenvalue weighted by atomic mass is 16.3. The van der Waals surface area contributed by atoms with E-state index in [1.807, 2.05) is 0 Å². The van der Waals surface area contributed by atoms with E-state index in [1.165, 1.54) is 64.5 Å². The molecule has 1 heterocycles. The van der Waals surface area contributed by atoms with Crippen LogP contribution in [0.2, 0.25) is 0 Å². The number of rotatable bonds is 6. The molecule has 3 heteroatoms. The SMILES string of the molecule is CC1CCCN1CCC1CCCC1(CO)NC1CC1. The molecule has 110 valence electrons. The van der Waals surface area contributed by atoms with Gasteiger partial charge < -0.3 is 15.3 Å². The summed E-state index contributed by atoms with van der Waals surface area (Å²) in [6.07, 6.45) is 10.4. The van der Waals surface area contributed by atoms with Crippen LogP contribution in [0.3, 0.4) is 0 Å². The van der Waals surface area contributed by atoms with Gasteiger partial charge in [0, 0.05) is 17.6 Å². The minimum atomic E-state index is 0.0597. The minimum absolute atomic E-state index is 0.0597. The van der Waals surface area contributed by atoms with Crippen molar-refractivity contribution in [2.24, 2.45) is 5.92 Å². The molecule has 3 rings (SSSR count).